The molecule has 0 radical (unpaired) electrons. The van der Waals surface area contributed by atoms with Gasteiger partial charge in [-0.3, -0.25) is 0 Å². The molecule has 0 unspecified atom stereocenters. The molecule has 52 heavy (non-hydrogen) atoms. The van der Waals surface area contributed by atoms with Crippen molar-refractivity contribution >= 4 is 87.4 Å². The molecule has 0 spiro atoms. The van der Waals surface area contributed by atoms with Crippen LogP contribution in [0.2, 0.25) is 0 Å². The van der Waals surface area contributed by atoms with Gasteiger partial charge in [-0.05, 0) is 84.9 Å². The Morgan fingerprint density at radius 2 is 0.673 bits per heavy atom. The first-order chi connectivity index (χ1) is 25.8. The highest BCUT2D eigenvalue weighted by atomic mass is 16.3. The number of rotatable bonds is 3. The third kappa shape index (κ3) is 3.60. The maximum absolute atomic E-state index is 7.14. The zero-order valence-corrected chi connectivity index (χ0v) is 28.0. The molecule has 0 N–H and O–H groups in total. The predicted octanol–water partition coefficient (Wildman–Crippen LogP) is 12.9. The molecule has 0 saturated carbocycles. The van der Waals surface area contributed by atoms with Crippen molar-refractivity contribution in [2.45, 2.75) is 0 Å². The number of hydrogen-bond donors (Lipinski definition) is 0. The van der Waals surface area contributed by atoms with Crippen LogP contribution in [0.4, 0.5) is 0 Å². The van der Waals surface area contributed by atoms with Crippen molar-refractivity contribution in [2.75, 3.05) is 0 Å². The Bertz CT molecular complexity index is 3390. The summed E-state index contributed by atoms with van der Waals surface area (Å²) in [6.45, 7) is 0. The summed E-state index contributed by atoms with van der Waals surface area (Å²) >= 11 is 0. The van der Waals surface area contributed by atoms with Crippen LogP contribution in [0.1, 0.15) is 0 Å². The summed E-state index contributed by atoms with van der Waals surface area (Å²) in [6.07, 6.45) is 0. The Morgan fingerprint density at radius 3 is 1.23 bits per heavy atom. The van der Waals surface area contributed by atoms with Crippen LogP contribution in [0.15, 0.2) is 180 Å². The van der Waals surface area contributed by atoms with Crippen LogP contribution in [-0.2, 0) is 0 Å². The third-order valence-electron chi connectivity index (χ3n) is 11.0. The third-order valence-corrected chi connectivity index (χ3v) is 11.0. The number of benzene rings is 8. The smallest absolute Gasteiger partial charge is 0.145 e. The molecule has 0 aliphatic carbocycles. The maximum Gasteiger partial charge on any atom is 0.145 e. The zero-order chi connectivity index (χ0) is 33.9. The minimum absolute atomic E-state index is 0.924. The van der Waals surface area contributed by atoms with E-state index in [1.807, 2.05) is 0 Å². The van der Waals surface area contributed by atoms with Gasteiger partial charge in [-0.1, -0.05) is 91.0 Å². The number of fused-ring (bicyclic) bond motifs is 14. The fourth-order valence-electron chi connectivity index (χ4n) is 8.88. The van der Waals surface area contributed by atoms with Crippen molar-refractivity contribution in [1.82, 2.24) is 13.7 Å². The molecule has 0 atom stereocenters. The summed E-state index contributed by atoms with van der Waals surface area (Å²) < 4.78 is 14.3. The van der Waals surface area contributed by atoms with Crippen LogP contribution in [0, 0.1) is 0 Å². The first-order valence-electron chi connectivity index (χ1n) is 17.8. The molecule has 4 heterocycles. The standard InChI is InChI=1S/C48H29N3O/c1-3-13-30(14-4-1)49-39-20-10-7-17-33(39)38-29-32(23-26-42(38)49)51-41-22-12-9-19-37(41)46-44(51)28-25-35-34-24-27-43-45(47(34)52-48(35)46)36-18-8-11-21-40(36)50(43)31-15-5-2-6-16-31/h1-29H. The van der Waals surface area contributed by atoms with Crippen LogP contribution >= 0.6 is 0 Å². The number of nitrogens with zero attached hydrogens (tertiary/aromatic N) is 3. The van der Waals surface area contributed by atoms with Gasteiger partial charge in [-0.2, -0.15) is 0 Å². The van der Waals surface area contributed by atoms with Gasteiger partial charge >= 0.3 is 0 Å². The van der Waals surface area contributed by atoms with Crippen LogP contribution in [0.5, 0.6) is 0 Å². The molecule has 4 aromatic heterocycles. The Kier molecular flexibility index (Phi) is 5.47. The summed E-state index contributed by atoms with van der Waals surface area (Å²) in [4.78, 5) is 0. The highest BCUT2D eigenvalue weighted by molar-refractivity contribution is 6.29. The Morgan fingerprint density at radius 1 is 0.269 bits per heavy atom. The largest absolute Gasteiger partial charge is 0.455 e. The Labute approximate surface area is 297 Å². The lowest BCUT2D eigenvalue weighted by atomic mass is 10.1. The fourth-order valence-corrected chi connectivity index (χ4v) is 8.88. The molecule has 4 nitrogen and oxygen atoms in total. The normalized spacial score (nSPS) is 12.2. The van der Waals surface area contributed by atoms with Gasteiger partial charge in [0.2, 0.25) is 0 Å². The van der Waals surface area contributed by atoms with Crippen molar-refractivity contribution in [1.29, 1.82) is 0 Å². The summed E-state index contributed by atoms with van der Waals surface area (Å²) in [5.74, 6) is 0. The molecule has 8 aromatic carbocycles. The van der Waals surface area contributed by atoms with Gasteiger partial charge in [0.1, 0.15) is 11.2 Å². The van der Waals surface area contributed by atoms with Crippen LogP contribution in [-0.4, -0.2) is 13.7 Å². The van der Waals surface area contributed by atoms with Gasteiger partial charge in [0.25, 0.3) is 0 Å². The fraction of sp³-hybridized carbons (Fsp3) is 0. The second kappa shape index (κ2) is 10.3. The molecule has 4 heteroatoms. The number of hydrogen-bond acceptors (Lipinski definition) is 1. The average molecular weight is 664 g/mol. The zero-order valence-electron chi connectivity index (χ0n) is 28.0. The minimum atomic E-state index is 0.924. The van der Waals surface area contributed by atoms with E-state index in [1.54, 1.807) is 0 Å². The first-order valence-corrected chi connectivity index (χ1v) is 17.8. The molecule has 0 fully saturated rings. The van der Waals surface area contributed by atoms with Gasteiger partial charge in [0.05, 0.1) is 43.9 Å². The number of aromatic nitrogens is 3. The van der Waals surface area contributed by atoms with Crippen molar-refractivity contribution in [3.63, 3.8) is 0 Å². The van der Waals surface area contributed by atoms with Crippen LogP contribution < -0.4 is 0 Å². The SMILES string of the molecule is c1ccc(-n2c3ccccc3c3cc(-n4c5ccccc5c5c6oc7c(ccc8c7c7ccccc7n8-c7ccccc7)c6ccc54)ccc32)cc1. The lowest BCUT2D eigenvalue weighted by molar-refractivity contribution is 0.677. The molecule has 0 bridgehead atoms. The van der Waals surface area contributed by atoms with E-state index in [0.717, 1.165) is 66.3 Å². The number of para-hydroxylation sites is 5. The van der Waals surface area contributed by atoms with Gasteiger partial charge in [0.15, 0.2) is 0 Å². The van der Waals surface area contributed by atoms with E-state index >= 15 is 0 Å². The second-order valence-corrected chi connectivity index (χ2v) is 13.7. The average Bonchev–Trinajstić information content (AvgIpc) is 3.94. The molecule has 0 aliphatic rings. The highest BCUT2D eigenvalue weighted by Crippen LogP contribution is 2.45. The minimum Gasteiger partial charge on any atom is -0.455 e. The van der Waals surface area contributed by atoms with E-state index < -0.39 is 0 Å². The Hall–Kier alpha value is -7.04. The van der Waals surface area contributed by atoms with E-state index in [-0.39, 0.29) is 0 Å². The lowest BCUT2D eigenvalue weighted by Gasteiger charge is -2.10. The van der Waals surface area contributed by atoms with E-state index in [9.17, 15) is 0 Å². The van der Waals surface area contributed by atoms with Gasteiger partial charge < -0.3 is 18.1 Å². The Balaban J connectivity index is 1.16. The van der Waals surface area contributed by atoms with Crippen molar-refractivity contribution < 1.29 is 4.42 Å². The monoisotopic (exact) mass is 663 g/mol. The molecule has 12 aromatic rings. The van der Waals surface area contributed by atoms with E-state index in [0.29, 0.717) is 0 Å². The van der Waals surface area contributed by atoms with Gasteiger partial charge in [0, 0.05) is 49.4 Å². The predicted molar refractivity (Wildman–Crippen MR) is 217 cm³/mol. The van der Waals surface area contributed by atoms with Crippen molar-refractivity contribution in [3.8, 4) is 17.1 Å². The van der Waals surface area contributed by atoms with Gasteiger partial charge in [-0.15, -0.1) is 0 Å². The molecule has 0 aliphatic heterocycles. The quantitative estimate of drug-likeness (QED) is 0.185. The summed E-state index contributed by atoms with van der Waals surface area (Å²) in [7, 11) is 0. The van der Waals surface area contributed by atoms with E-state index in [2.05, 4.69) is 190 Å². The molecular formula is C48H29N3O. The lowest BCUT2D eigenvalue weighted by Crippen LogP contribution is -1.95. The molecular weight excluding hydrogens is 635 g/mol. The van der Waals surface area contributed by atoms with Gasteiger partial charge in [-0.25, -0.2) is 0 Å². The van der Waals surface area contributed by atoms with Crippen molar-refractivity contribution in [2.24, 2.45) is 0 Å². The molecule has 0 amide bonds. The van der Waals surface area contributed by atoms with Crippen LogP contribution in [0.25, 0.3) is 104 Å². The summed E-state index contributed by atoms with van der Waals surface area (Å²) in [6, 6.07) is 63.3. The first kappa shape index (κ1) is 27.7. The van der Waals surface area contributed by atoms with E-state index in [4.69, 9.17) is 4.42 Å². The molecule has 242 valence electrons. The number of furan rings is 1. The van der Waals surface area contributed by atoms with E-state index in [1.165, 1.54) is 38.1 Å². The topological polar surface area (TPSA) is 27.9 Å². The molecule has 12 rings (SSSR count). The van der Waals surface area contributed by atoms with Crippen molar-refractivity contribution in [3.05, 3.63) is 176 Å². The summed E-state index contributed by atoms with van der Waals surface area (Å²) in [5, 5.41) is 9.37. The summed E-state index contributed by atoms with van der Waals surface area (Å²) in [5.41, 5.74) is 12.3. The maximum atomic E-state index is 7.14. The van der Waals surface area contributed by atoms with Crippen LogP contribution in [0.3, 0.4) is 0 Å². The molecule has 0 saturated heterocycles. The second-order valence-electron chi connectivity index (χ2n) is 13.7. The highest BCUT2D eigenvalue weighted by Gasteiger charge is 2.23.